The summed E-state index contributed by atoms with van der Waals surface area (Å²) in [6.45, 7) is 7.85. The number of ether oxygens (including phenoxy) is 1. The highest BCUT2D eigenvalue weighted by molar-refractivity contribution is 7.10. The minimum Gasteiger partial charge on any atom is -0.497 e. The number of amides is 1. The molecule has 0 fully saturated rings. The maximum atomic E-state index is 12.7. The average molecular weight is 373 g/mol. The molecule has 4 nitrogen and oxygen atoms in total. The summed E-state index contributed by atoms with van der Waals surface area (Å²) in [4.78, 5) is 16.5. The minimum atomic E-state index is 0.00483. The van der Waals surface area contributed by atoms with Gasteiger partial charge in [0.1, 0.15) is 5.75 Å². The lowest BCUT2D eigenvalue weighted by atomic mass is 9.95. The third-order valence-corrected chi connectivity index (χ3v) is 6.21. The summed E-state index contributed by atoms with van der Waals surface area (Å²) in [6.07, 6.45) is 1.04. The van der Waals surface area contributed by atoms with Crippen molar-refractivity contribution in [3.63, 3.8) is 0 Å². The predicted molar refractivity (Wildman–Crippen MR) is 107 cm³/mol. The lowest BCUT2D eigenvalue weighted by molar-refractivity contribution is -0.124. The molecule has 5 heteroatoms. The standard InChI is InChI=1S/C21H28N2O2S/c1-14(2)21(16-5-7-17(25-4)8-6-16)22-20(24)13-23-11-9-19-18(15(23)3)10-12-26-19/h5-8,10,12,14-15,21H,9,11,13H2,1-4H3,(H,22,24)/t15-,21-/m1/s1. The molecule has 1 aliphatic heterocycles. The van der Waals surface area contributed by atoms with E-state index < -0.39 is 0 Å². The molecular formula is C21H28N2O2S. The van der Waals surface area contributed by atoms with E-state index in [2.05, 4.69) is 42.4 Å². The molecule has 1 aromatic heterocycles. The molecular weight excluding hydrogens is 344 g/mol. The zero-order valence-corrected chi connectivity index (χ0v) is 16.8. The van der Waals surface area contributed by atoms with E-state index in [0.717, 1.165) is 24.3 Å². The number of rotatable bonds is 6. The van der Waals surface area contributed by atoms with Crippen LogP contribution in [0.1, 0.15) is 48.9 Å². The van der Waals surface area contributed by atoms with Gasteiger partial charge in [0.2, 0.25) is 5.91 Å². The fourth-order valence-corrected chi connectivity index (χ4v) is 4.59. The molecule has 1 N–H and O–H groups in total. The number of carbonyl (C=O) groups is 1. The molecule has 0 bridgehead atoms. The van der Waals surface area contributed by atoms with E-state index in [1.165, 1.54) is 10.4 Å². The van der Waals surface area contributed by atoms with Crippen molar-refractivity contribution in [3.05, 3.63) is 51.7 Å². The highest BCUT2D eigenvalue weighted by Gasteiger charge is 2.27. The number of hydrogen-bond acceptors (Lipinski definition) is 4. The van der Waals surface area contributed by atoms with Gasteiger partial charge in [-0.3, -0.25) is 9.69 Å². The molecule has 0 saturated carbocycles. The smallest absolute Gasteiger partial charge is 0.234 e. The summed E-state index contributed by atoms with van der Waals surface area (Å²) in [7, 11) is 1.66. The maximum Gasteiger partial charge on any atom is 0.234 e. The van der Waals surface area contributed by atoms with E-state index in [0.29, 0.717) is 18.5 Å². The fraction of sp³-hybridized carbons (Fsp3) is 0.476. The summed E-state index contributed by atoms with van der Waals surface area (Å²) >= 11 is 1.83. The zero-order chi connectivity index (χ0) is 18.7. The van der Waals surface area contributed by atoms with Gasteiger partial charge in [-0.25, -0.2) is 0 Å². The van der Waals surface area contributed by atoms with Gasteiger partial charge < -0.3 is 10.1 Å². The minimum absolute atomic E-state index is 0.00483. The first-order valence-corrected chi connectivity index (χ1v) is 10.1. The first kappa shape index (κ1) is 18.9. The summed E-state index contributed by atoms with van der Waals surface area (Å²) in [5, 5.41) is 5.39. The van der Waals surface area contributed by atoms with Gasteiger partial charge in [0.25, 0.3) is 0 Å². The Kier molecular flexibility index (Phi) is 5.99. The second-order valence-electron chi connectivity index (χ2n) is 7.26. The Morgan fingerprint density at radius 3 is 2.69 bits per heavy atom. The van der Waals surface area contributed by atoms with Crippen LogP contribution in [0, 0.1) is 5.92 Å². The molecule has 26 heavy (non-hydrogen) atoms. The van der Waals surface area contributed by atoms with Crippen molar-refractivity contribution in [3.8, 4) is 5.75 Å². The number of benzene rings is 1. The van der Waals surface area contributed by atoms with Crippen LogP contribution in [0.25, 0.3) is 0 Å². The average Bonchev–Trinajstić information content (AvgIpc) is 3.11. The van der Waals surface area contributed by atoms with E-state index in [4.69, 9.17) is 4.74 Å². The Morgan fingerprint density at radius 2 is 2.04 bits per heavy atom. The molecule has 1 aromatic carbocycles. The number of nitrogens with one attached hydrogen (secondary N) is 1. The van der Waals surface area contributed by atoms with E-state index in [1.54, 1.807) is 7.11 Å². The third kappa shape index (κ3) is 4.10. The monoisotopic (exact) mass is 372 g/mol. The first-order valence-electron chi connectivity index (χ1n) is 9.23. The predicted octanol–water partition coefficient (Wildman–Crippen LogP) is 4.19. The van der Waals surface area contributed by atoms with Crippen molar-refractivity contribution in [1.29, 1.82) is 0 Å². The molecule has 0 unspecified atom stereocenters. The van der Waals surface area contributed by atoms with Crippen molar-refractivity contribution >= 4 is 17.2 Å². The van der Waals surface area contributed by atoms with Crippen molar-refractivity contribution in [2.45, 2.75) is 39.3 Å². The first-order chi connectivity index (χ1) is 12.5. The van der Waals surface area contributed by atoms with E-state index in [1.807, 2.05) is 35.6 Å². The molecule has 0 spiro atoms. The zero-order valence-electron chi connectivity index (χ0n) is 16.0. The number of carbonyl (C=O) groups excluding carboxylic acids is 1. The quantitative estimate of drug-likeness (QED) is 0.827. The normalized spacial score (nSPS) is 18.4. The number of fused-ring (bicyclic) bond motifs is 1. The Morgan fingerprint density at radius 1 is 1.31 bits per heavy atom. The van der Waals surface area contributed by atoms with Crippen molar-refractivity contribution in [2.75, 3.05) is 20.2 Å². The van der Waals surface area contributed by atoms with Crippen LogP contribution in [-0.2, 0) is 11.2 Å². The highest BCUT2D eigenvalue weighted by atomic mass is 32.1. The molecule has 2 heterocycles. The lowest BCUT2D eigenvalue weighted by Gasteiger charge is -2.33. The van der Waals surface area contributed by atoms with Crippen LogP contribution in [0.5, 0.6) is 5.75 Å². The largest absolute Gasteiger partial charge is 0.497 e. The topological polar surface area (TPSA) is 41.6 Å². The van der Waals surface area contributed by atoms with Crippen LogP contribution >= 0.6 is 11.3 Å². The van der Waals surface area contributed by atoms with E-state index >= 15 is 0 Å². The highest BCUT2D eigenvalue weighted by Crippen LogP contribution is 2.32. The Hall–Kier alpha value is -1.85. The molecule has 0 radical (unpaired) electrons. The van der Waals surface area contributed by atoms with Crippen LogP contribution in [-0.4, -0.2) is 31.0 Å². The SMILES string of the molecule is COc1ccc([C@H](NC(=O)CN2CCc3sccc3[C@H]2C)C(C)C)cc1. The summed E-state index contributed by atoms with van der Waals surface area (Å²) in [5.41, 5.74) is 2.49. The number of thiophene rings is 1. The molecule has 1 amide bonds. The second-order valence-corrected chi connectivity index (χ2v) is 8.26. The maximum absolute atomic E-state index is 12.7. The van der Waals surface area contributed by atoms with Gasteiger partial charge in [0, 0.05) is 17.5 Å². The molecule has 2 aromatic rings. The number of nitrogens with zero attached hydrogens (tertiary/aromatic N) is 1. The van der Waals surface area contributed by atoms with Crippen molar-refractivity contribution in [2.24, 2.45) is 5.92 Å². The molecule has 3 rings (SSSR count). The van der Waals surface area contributed by atoms with Crippen LogP contribution in [0.4, 0.5) is 0 Å². The molecule has 1 aliphatic rings. The number of methoxy groups -OCH3 is 1. The third-order valence-electron chi connectivity index (χ3n) is 5.21. The Labute approximate surface area is 160 Å². The van der Waals surface area contributed by atoms with Gasteiger partial charge in [-0.15, -0.1) is 11.3 Å². The molecule has 0 saturated heterocycles. The summed E-state index contributed by atoms with van der Waals surface area (Å²) < 4.78 is 5.23. The van der Waals surface area contributed by atoms with Crippen LogP contribution < -0.4 is 10.1 Å². The van der Waals surface area contributed by atoms with Gasteiger partial charge in [-0.2, -0.15) is 0 Å². The fourth-order valence-electron chi connectivity index (χ4n) is 3.63. The van der Waals surface area contributed by atoms with Crippen molar-refractivity contribution < 1.29 is 9.53 Å². The number of hydrogen-bond donors (Lipinski definition) is 1. The Bertz CT molecular complexity index is 739. The molecule has 140 valence electrons. The molecule has 0 aliphatic carbocycles. The lowest BCUT2D eigenvalue weighted by Crippen LogP contribution is -2.43. The van der Waals surface area contributed by atoms with E-state index in [9.17, 15) is 4.79 Å². The Balaban J connectivity index is 1.65. The van der Waals surface area contributed by atoms with Gasteiger partial charge in [0.15, 0.2) is 0 Å². The summed E-state index contributed by atoms with van der Waals surface area (Å²) in [5.74, 6) is 1.23. The molecule has 2 atom stereocenters. The van der Waals surface area contributed by atoms with Gasteiger partial charge >= 0.3 is 0 Å². The van der Waals surface area contributed by atoms with Gasteiger partial charge in [-0.1, -0.05) is 26.0 Å². The van der Waals surface area contributed by atoms with Gasteiger partial charge in [-0.05, 0) is 54.0 Å². The van der Waals surface area contributed by atoms with Crippen LogP contribution in [0.15, 0.2) is 35.7 Å². The van der Waals surface area contributed by atoms with E-state index in [-0.39, 0.29) is 11.9 Å². The van der Waals surface area contributed by atoms with Crippen LogP contribution in [0.2, 0.25) is 0 Å². The second kappa shape index (κ2) is 8.23. The van der Waals surface area contributed by atoms with Gasteiger partial charge in [0.05, 0.1) is 19.7 Å². The van der Waals surface area contributed by atoms with Crippen LogP contribution in [0.3, 0.4) is 0 Å². The van der Waals surface area contributed by atoms with Crippen molar-refractivity contribution in [1.82, 2.24) is 10.2 Å². The summed E-state index contributed by atoms with van der Waals surface area (Å²) in [6, 6.07) is 10.5.